The fraction of sp³-hybridized carbons (Fsp3) is 0.531. The van der Waals surface area contributed by atoms with Crippen molar-refractivity contribution >= 4 is 17.8 Å². The molecule has 2 amide bonds. The summed E-state index contributed by atoms with van der Waals surface area (Å²) in [6.45, 7) is 9.70. The van der Waals surface area contributed by atoms with E-state index >= 15 is 0 Å². The van der Waals surface area contributed by atoms with Crippen LogP contribution in [0.2, 0.25) is 0 Å². The van der Waals surface area contributed by atoms with E-state index in [0.29, 0.717) is 63.5 Å². The van der Waals surface area contributed by atoms with Crippen LogP contribution in [0, 0.1) is 0 Å². The second-order valence-electron chi connectivity index (χ2n) is 16.9. The summed E-state index contributed by atoms with van der Waals surface area (Å²) < 4.78 is 0. The lowest BCUT2D eigenvalue weighted by Crippen LogP contribution is -2.42. The lowest BCUT2D eigenvalue weighted by Gasteiger charge is -2.33. The summed E-state index contributed by atoms with van der Waals surface area (Å²) in [5.74, 6) is 1.17. The van der Waals surface area contributed by atoms with Crippen LogP contribution in [-0.4, -0.2) is 106 Å². The van der Waals surface area contributed by atoms with Crippen LogP contribution in [0.4, 0.5) is 0 Å². The van der Waals surface area contributed by atoms with Crippen LogP contribution in [0.3, 0.4) is 0 Å². The number of hydrogen-bond acceptors (Lipinski definition) is 9. The lowest BCUT2D eigenvalue weighted by molar-refractivity contribution is -0.137. The fourth-order valence-corrected chi connectivity index (χ4v) is 7.46. The Balaban J connectivity index is 0.000000273. The molecule has 1 aromatic carbocycles. The second kappa shape index (κ2) is 26.9. The number of hydrogen-bond donors (Lipinski definition) is 4. The summed E-state index contributed by atoms with van der Waals surface area (Å²) in [4.78, 5) is 43.5. The maximum atomic E-state index is 12.5. The number of carboxylic acids is 1. The molecule has 2 unspecified atom stereocenters. The maximum Gasteiger partial charge on any atom is 0.303 e. The first-order valence-electron chi connectivity index (χ1n) is 22.5. The highest BCUT2D eigenvalue weighted by molar-refractivity contribution is 5.78. The van der Waals surface area contributed by atoms with Gasteiger partial charge >= 0.3 is 5.97 Å². The maximum absolute atomic E-state index is 12.5. The molecule has 13 heteroatoms. The van der Waals surface area contributed by atoms with Crippen molar-refractivity contribution in [3.05, 3.63) is 119 Å². The molecule has 0 saturated carbocycles. The van der Waals surface area contributed by atoms with E-state index in [1.807, 2.05) is 58.5 Å². The standard InChI is InChI=1S/C25H35N5O2.C24H34N2O4/c1-19(2)21-13-11-20(12-14-21)18-23(31)16-15-22-8-7-10-25(32)30(22)17-6-4-3-5-9-24-26-28-29-27-24;1-18(2)19-11-12-20(25-17-19)16-22(27)14-13-21-8-7-9-23(28)26(21)15-6-4-3-5-10-24(29)30/h4,6,11-16,19,22-23,31H,3,5,7-10,17-18H2,1-2H3,(H,26,27,28,29);4,6,11-14,17-18,21-22,27H,3,5,7-10,15-16H2,1-2H3,(H,29,30)/t22-,23?;21-,22?/m11/s1. The zero-order valence-electron chi connectivity index (χ0n) is 37.2. The Hall–Kier alpha value is -5.27. The topological polar surface area (TPSA) is 186 Å². The van der Waals surface area contributed by atoms with Gasteiger partial charge in [0.25, 0.3) is 0 Å². The number of H-pyrrole nitrogens is 1. The number of aliphatic carboxylic acids is 1. The van der Waals surface area contributed by atoms with Crippen LogP contribution in [0.25, 0.3) is 0 Å². The number of piperidine rings is 2. The average molecular weight is 852 g/mol. The van der Waals surface area contributed by atoms with Gasteiger partial charge < -0.3 is 25.1 Å². The summed E-state index contributed by atoms with van der Waals surface area (Å²) in [7, 11) is 0. The van der Waals surface area contributed by atoms with Gasteiger partial charge in [0.1, 0.15) is 0 Å². The molecule has 2 fully saturated rings. The van der Waals surface area contributed by atoms with Gasteiger partial charge in [0, 0.05) is 63.5 Å². The summed E-state index contributed by atoms with van der Waals surface area (Å²) in [5.41, 5.74) is 4.44. The van der Waals surface area contributed by atoms with Crippen LogP contribution < -0.4 is 0 Å². The highest BCUT2D eigenvalue weighted by Crippen LogP contribution is 2.22. The summed E-state index contributed by atoms with van der Waals surface area (Å²) >= 11 is 0. The van der Waals surface area contributed by atoms with E-state index in [0.717, 1.165) is 62.0 Å². The molecule has 2 saturated heterocycles. The first-order chi connectivity index (χ1) is 29.9. The number of allylic oxidation sites excluding steroid dienone is 2. The number of carboxylic acid groups (broad SMARTS) is 1. The van der Waals surface area contributed by atoms with E-state index in [1.165, 1.54) is 11.1 Å². The zero-order valence-corrected chi connectivity index (χ0v) is 37.2. The predicted octanol–water partition coefficient (Wildman–Crippen LogP) is 7.60. The molecule has 2 aliphatic rings. The molecule has 336 valence electrons. The van der Waals surface area contributed by atoms with Gasteiger partial charge in [0.2, 0.25) is 11.8 Å². The number of amides is 2. The number of pyridine rings is 1. The van der Waals surface area contributed by atoms with Gasteiger partial charge in [-0.25, -0.2) is 0 Å². The first-order valence-corrected chi connectivity index (χ1v) is 22.5. The number of benzene rings is 1. The Kier molecular flexibility index (Phi) is 21.5. The third kappa shape index (κ3) is 18.0. The van der Waals surface area contributed by atoms with E-state index in [4.69, 9.17) is 5.11 Å². The van der Waals surface area contributed by atoms with E-state index in [1.54, 1.807) is 6.08 Å². The highest BCUT2D eigenvalue weighted by atomic mass is 16.4. The molecule has 0 bridgehead atoms. The summed E-state index contributed by atoms with van der Waals surface area (Å²) in [6, 6.07) is 12.5. The third-order valence-electron chi connectivity index (χ3n) is 11.2. The minimum atomic E-state index is -0.788. The molecule has 4 N–H and O–H groups in total. The number of aliphatic hydroxyl groups excluding tert-OH is 2. The Labute approximate surface area is 368 Å². The van der Waals surface area contributed by atoms with Gasteiger partial charge in [-0.2, -0.15) is 5.21 Å². The SMILES string of the molecule is CC(C)c1ccc(CC(O)C=C[C@H]2CCCC(=O)N2CC=CCCCC(=O)O)nc1.CC(C)c1ccc(CC(O)C=C[C@H]2CCCC(=O)N2CC=CCCCc2nn[nH]n2)cc1. The van der Waals surface area contributed by atoms with Crippen molar-refractivity contribution in [2.24, 2.45) is 0 Å². The van der Waals surface area contributed by atoms with Crippen LogP contribution in [0.5, 0.6) is 0 Å². The Morgan fingerprint density at radius 1 is 0.774 bits per heavy atom. The van der Waals surface area contributed by atoms with Gasteiger partial charge in [-0.05, 0) is 86.0 Å². The monoisotopic (exact) mass is 852 g/mol. The van der Waals surface area contributed by atoms with Gasteiger partial charge in [0.15, 0.2) is 5.82 Å². The smallest absolute Gasteiger partial charge is 0.303 e. The molecular formula is C49H69N7O6. The summed E-state index contributed by atoms with van der Waals surface area (Å²) in [6.07, 6.45) is 26.1. The second-order valence-corrected chi connectivity index (χ2v) is 16.9. The van der Waals surface area contributed by atoms with Crippen molar-refractivity contribution in [3.8, 4) is 0 Å². The Morgan fingerprint density at radius 2 is 1.34 bits per heavy atom. The molecule has 0 spiro atoms. The lowest BCUT2D eigenvalue weighted by atomic mass is 9.98. The van der Waals surface area contributed by atoms with Crippen molar-refractivity contribution in [1.29, 1.82) is 0 Å². The van der Waals surface area contributed by atoms with Gasteiger partial charge in [-0.1, -0.05) is 112 Å². The highest BCUT2D eigenvalue weighted by Gasteiger charge is 2.26. The summed E-state index contributed by atoms with van der Waals surface area (Å²) in [5, 5.41) is 43.5. The largest absolute Gasteiger partial charge is 0.481 e. The molecule has 62 heavy (non-hydrogen) atoms. The number of rotatable bonds is 22. The number of aromatic nitrogens is 5. The van der Waals surface area contributed by atoms with E-state index in [2.05, 4.69) is 89.7 Å². The number of aliphatic hydroxyl groups is 2. The van der Waals surface area contributed by atoms with Crippen LogP contribution in [-0.2, 0) is 33.6 Å². The molecule has 2 aromatic heterocycles. The number of nitrogens with one attached hydrogen (secondary N) is 1. The number of aryl methyl sites for hydroxylation is 1. The molecule has 13 nitrogen and oxygen atoms in total. The van der Waals surface area contributed by atoms with Crippen LogP contribution in [0.1, 0.15) is 138 Å². The number of tetrazole rings is 1. The quantitative estimate of drug-likeness (QED) is 0.0580. The van der Waals surface area contributed by atoms with Gasteiger partial charge in [0.05, 0.1) is 24.3 Å². The molecular weight excluding hydrogens is 783 g/mol. The predicted molar refractivity (Wildman–Crippen MR) is 242 cm³/mol. The Morgan fingerprint density at radius 3 is 1.85 bits per heavy atom. The normalized spacial score (nSPS) is 18.5. The van der Waals surface area contributed by atoms with Gasteiger partial charge in [-0.3, -0.25) is 19.4 Å². The Bertz CT molecular complexity index is 1890. The van der Waals surface area contributed by atoms with Crippen molar-refractivity contribution < 1.29 is 29.7 Å². The minimum absolute atomic E-state index is 0.0270. The molecule has 2 aliphatic heterocycles. The third-order valence-corrected chi connectivity index (χ3v) is 11.2. The number of nitrogens with zero attached hydrogens (tertiary/aromatic N) is 6. The number of carbonyl (C=O) groups is 3. The van der Waals surface area contributed by atoms with Crippen LogP contribution >= 0.6 is 0 Å². The molecule has 0 radical (unpaired) electrons. The number of carbonyl (C=O) groups excluding carboxylic acids is 2. The van der Waals surface area contributed by atoms with E-state index in [-0.39, 0.29) is 30.3 Å². The van der Waals surface area contributed by atoms with Crippen molar-refractivity contribution in [2.75, 3.05) is 13.1 Å². The minimum Gasteiger partial charge on any atom is -0.481 e. The van der Waals surface area contributed by atoms with Crippen molar-refractivity contribution in [1.82, 2.24) is 35.4 Å². The molecule has 3 aromatic rings. The van der Waals surface area contributed by atoms with Gasteiger partial charge in [-0.15, -0.1) is 10.2 Å². The molecule has 4 heterocycles. The van der Waals surface area contributed by atoms with E-state index < -0.39 is 18.2 Å². The fourth-order valence-electron chi connectivity index (χ4n) is 7.46. The van der Waals surface area contributed by atoms with Crippen LogP contribution in [0.15, 0.2) is 91.2 Å². The van der Waals surface area contributed by atoms with E-state index in [9.17, 15) is 24.6 Å². The van der Waals surface area contributed by atoms with Crippen molar-refractivity contribution in [2.45, 2.75) is 154 Å². The molecule has 5 rings (SSSR count). The number of likely N-dealkylation sites (tertiary alicyclic amines) is 2. The zero-order chi connectivity index (χ0) is 44.7. The first kappa shape index (κ1) is 49.4. The average Bonchev–Trinajstić information content (AvgIpc) is 3.77. The number of aromatic amines is 1. The molecule has 0 aliphatic carbocycles. The van der Waals surface area contributed by atoms with Crippen molar-refractivity contribution in [3.63, 3.8) is 0 Å². The number of unbranched alkanes of at least 4 members (excludes halogenated alkanes) is 2. The molecule has 4 atom stereocenters.